The summed E-state index contributed by atoms with van der Waals surface area (Å²) in [6.07, 6.45) is 1.90. The largest absolute Gasteiger partial charge is 0.366 e. The van der Waals surface area contributed by atoms with Crippen molar-refractivity contribution in [2.24, 2.45) is 5.73 Å². The summed E-state index contributed by atoms with van der Waals surface area (Å²) in [7, 11) is -3.39. The van der Waals surface area contributed by atoms with Gasteiger partial charge in [0, 0.05) is 16.9 Å². The SMILES string of the molecule is CC1(C)CC(c2cccc(C(N)=O)c2)N(C(=O)Nc2ccccc2)c2ccc(S(=O)(=O)C3CC3)cc21. The van der Waals surface area contributed by atoms with Gasteiger partial charge in [-0.3, -0.25) is 9.69 Å². The number of carbonyl (C=O) groups excluding carboxylic acids is 2. The van der Waals surface area contributed by atoms with Crippen LogP contribution < -0.4 is 16.0 Å². The Hall–Kier alpha value is -3.65. The first kappa shape index (κ1) is 24.1. The highest BCUT2D eigenvalue weighted by molar-refractivity contribution is 7.92. The lowest BCUT2D eigenvalue weighted by atomic mass is 9.73. The normalized spacial score (nSPS) is 18.8. The fraction of sp³-hybridized carbons (Fsp3) is 0.286. The summed E-state index contributed by atoms with van der Waals surface area (Å²) < 4.78 is 26.0. The second-order valence-corrected chi connectivity index (χ2v) is 12.4. The van der Waals surface area contributed by atoms with Crippen LogP contribution in [0.3, 0.4) is 0 Å². The molecule has 3 N–H and O–H groups in total. The van der Waals surface area contributed by atoms with Crippen LogP contribution in [0.15, 0.2) is 77.7 Å². The summed E-state index contributed by atoms with van der Waals surface area (Å²) in [6, 6.07) is 20.5. The van der Waals surface area contributed by atoms with Crippen molar-refractivity contribution in [1.29, 1.82) is 0 Å². The maximum absolute atomic E-state index is 13.7. The van der Waals surface area contributed by atoms with Gasteiger partial charge in [-0.25, -0.2) is 13.2 Å². The van der Waals surface area contributed by atoms with Crippen LogP contribution in [-0.4, -0.2) is 25.6 Å². The van der Waals surface area contributed by atoms with Crippen molar-refractivity contribution in [3.8, 4) is 0 Å². The molecule has 0 spiro atoms. The summed E-state index contributed by atoms with van der Waals surface area (Å²) >= 11 is 0. The van der Waals surface area contributed by atoms with Crippen molar-refractivity contribution >= 4 is 33.2 Å². The number of nitrogens with two attached hydrogens (primary N) is 1. The average molecular weight is 504 g/mol. The van der Waals surface area contributed by atoms with Crippen LogP contribution in [-0.2, 0) is 15.3 Å². The van der Waals surface area contributed by atoms with Crippen LogP contribution >= 0.6 is 0 Å². The molecule has 0 saturated heterocycles. The summed E-state index contributed by atoms with van der Waals surface area (Å²) in [4.78, 5) is 27.6. The number of amides is 3. The zero-order chi connectivity index (χ0) is 25.7. The first-order valence-electron chi connectivity index (χ1n) is 12.0. The van der Waals surface area contributed by atoms with Gasteiger partial charge in [-0.15, -0.1) is 0 Å². The number of hydrogen-bond donors (Lipinski definition) is 2. The van der Waals surface area contributed by atoms with E-state index >= 15 is 0 Å². The number of nitrogens with one attached hydrogen (secondary N) is 1. The number of para-hydroxylation sites is 1. The van der Waals surface area contributed by atoms with Gasteiger partial charge in [0.25, 0.3) is 0 Å². The van der Waals surface area contributed by atoms with Gasteiger partial charge in [0.05, 0.1) is 16.2 Å². The van der Waals surface area contributed by atoms with Crippen molar-refractivity contribution in [3.63, 3.8) is 0 Å². The third-order valence-electron chi connectivity index (χ3n) is 7.06. The van der Waals surface area contributed by atoms with Gasteiger partial charge >= 0.3 is 6.03 Å². The van der Waals surface area contributed by atoms with Crippen molar-refractivity contribution in [1.82, 2.24) is 0 Å². The average Bonchev–Trinajstić information content (AvgIpc) is 3.70. The van der Waals surface area contributed by atoms with Crippen LogP contribution in [0.4, 0.5) is 16.2 Å². The highest BCUT2D eigenvalue weighted by Gasteiger charge is 2.43. The number of hydrogen-bond acceptors (Lipinski definition) is 4. The molecule has 0 radical (unpaired) electrons. The molecular formula is C28H29N3O4S. The van der Waals surface area contributed by atoms with Crippen molar-refractivity contribution in [2.45, 2.75) is 54.7 Å². The molecule has 7 nitrogen and oxygen atoms in total. The predicted molar refractivity (Wildman–Crippen MR) is 140 cm³/mol. The second-order valence-electron chi connectivity index (χ2n) is 10.2. The molecule has 1 fully saturated rings. The molecular weight excluding hydrogens is 474 g/mol. The highest BCUT2D eigenvalue weighted by atomic mass is 32.2. The molecule has 3 amide bonds. The topological polar surface area (TPSA) is 110 Å². The van der Waals surface area contributed by atoms with E-state index in [4.69, 9.17) is 5.73 Å². The molecule has 186 valence electrons. The zero-order valence-electron chi connectivity index (χ0n) is 20.3. The Labute approximate surface area is 211 Å². The molecule has 1 unspecified atom stereocenters. The Balaban J connectivity index is 1.64. The number of urea groups is 1. The minimum Gasteiger partial charge on any atom is -0.366 e. The molecule has 3 aromatic rings. The number of anilines is 2. The molecule has 1 aliphatic heterocycles. The minimum absolute atomic E-state index is 0.300. The number of nitrogens with zero attached hydrogens (tertiary/aromatic N) is 1. The van der Waals surface area contributed by atoms with Crippen molar-refractivity contribution in [2.75, 3.05) is 10.2 Å². The molecule has 5 rings (SSSR count). The van der Waals surface area contributed by atoms with Gasteiger partial charge in [-0.05, 0) is 78.3 Å². The second kappa shape index (κ2) is 8.78. The number of rotatable bonds is 5. The third kappa shape index (κ3) is 4.37. The molecule has 0 aromatic heterocycles. The number of sulfone groups is 1. The molecule has 0 bridgehead atoms. The van der Waals surface area contributed by atoms with E-state index < -0.39 is 27.2 Å². The molecule has 1 aliphatic carbocycles. The molecule has 2 aliphatic rings. The number of carbonyl (C=O) groups is 2. The zero-order valence-corrected chi connectivity index (χ0v) is 21.1. The Kier molecular flexibility index (Phi) is 5.87. The molecule has 1 saturated carbocycles. The quantitative estimate of drug-likeness (QED) is 0.500. The van der Waals surface area contributed by atoms with Gasteiger partial charge in [-0.2, -0.15) is 0 Å². The van der Waals surface area contributed by atoms with Gasteiger partial charge < -0.3 is 11.1 Å². The van der Waals surface area contributed by atoms with E-state index in [2.05, 4.69) is 19.2 Å². The number of fused-ring (bicyclic) bond motifs is 1. The number of benzene rings is 3. The van der Waals surface area contributed by atoms with E-state index in [9.17, 15) is 18.0 Å². The molecule has 8 heteroatoms. The molecule has 3 aromatic carbocycles. The minimum atomic E-state index is -3.39. The van der Waals surface area contributed by atoms with Crippen LogP contribution in [0.2, 0.25) is 0 Å². The maximum Gasteiger partial charge on any atom is 0.326 e. The maximum atomic E-state index is 13.7. The van der Waals surface area contributed by atoms with E-state index in [1.54, 1.807) is 53.4 Å². The summed E-state index contributed by atoms with van der Waals surface area (Å²) in [6.45, 7) is 4.10. The Morgan fingerprint density at radius 3 is 2.36 bits per heavy atom. The van der Waals surface area contributed by atoms with E-state index in [1.807, 2.05) is 24.3 Å². The first-order chi connectivity index (χ1) is 17.1. The molecule has 1 atom stereocenters. The Morgan fingerprint density at radius 1 is 0.972 bits per heavy atom. The fourth-order valence-corrected chi connectivity index (χ4v) is 6.67. The van der Waals surface area contributed by atoms with Crippen LogP contribution in [0.1, 0.15) is 60.6 Å². The van der Waals surface area contributed by atoms with E-state index in [0.29, 0.717) is 41.1 Å². The van der Waals surface area contributed by atoms with Crippen molar-refractivity contribution < 1.29 is 18.0 Å². The summed E-state index contributed by atoms with van der Waals surface area (Å²) in [5.74, 6) is -0.539. The van der Waals surface area contributed by atoms with E-state index in [0.717, 1.165) is 11.1 Å². The lowest BCUT2D eigenvalue weighted by molar-refractivity contribution is 0.1000. The lowest BCUT2D eigenvalue weighted by Gasteiger charge is -2.45. The monoisotopic (exact) mass is 503 g/mol. The highest BCUT2D eigenvalue weighted by Crippen LogP contribution is 2.49. The third-order valence-corrected chi connectivity index (χ3v) is 9.32. The van der Waals surface area contributed by atoms with Crippen molar-refractivity contribution in [3.05, 3.63) is 89.5 Å². The Morgan fingerprint density at radius 2 is 1.69 bits per heavy atom. The first-order valence-corrected chi connectivity index (χ1v) is 13.6. The number of primary amides is 1. The van der Waals surface area contributed by atoms with Crippen LogP contribution in [0.25, 0.3) is 0 Å². The standard InChI is InChI=1S/C28H29N3O4S/c1-28(2)17-25(18-7-6-8-19(15-18)26(29)32)31(27(33)30-20-9-4-3-5-10-20)24-14-13-22(16-23(24)28)36(34,35)21-11-12-21/h3-10,13-16,21,25H,11-12,17H2,1-2H3,(H2,29,32)(H,30,33). The van der Waals surface area contributed by atoms with Gasteiger partial charge in [0.15, 0.2) is 9.84 Å². The van der Waals surface area contributed by atoms with E-state index in [-0.39, 0.29) is 11.3 Å². The fourth-order valence-electron chi connectivity index (χ4n) is 4.99. The van der Waals surface area contributed by atoms with Gasteiger partial charge in [0.1, 0.15) is 0 Å². The Bertz CT molecular complexity index is 1450. The summed E-state index contributed by atoms with van der Waals surface area (Å²) in [5, 5.41) is 2.65. The van der Waals surface area contributed by atoms with Crippen LogP contribution in [0, 0.1) is 0 Å². The smallest absolute Gasteiger partial charge is 0.326 e. The molecule has 36 heavy (non-hydrogen) atoms. The van der Waals surface area contributed by atoms with Gasteiger partial charge in [0.2, 0.25) is 5.91 Å². The lowest BCUT2D eigenvalue weighted by Crippen LogP contribution is -2.45. The summed E-state index contributed by atoms with van der Waals surface area (Å²) in [5.41, 5.74) is 8.33. The van der Waals surface area contributed by atoms with Crippen LogP contribution in [0.5, 0.6) is 0 Å². The predicted octanol–water partition coefficient (Wildman–Crippen LogP) is 5.18. The van der Waals surface area contributed by atoms with E-state index in [1.165, 1.54) is 0 Å². The molecule has 1 heterocycles. The van der Waals surface area contributed by atoms with Gasteiger partial charge in [-0.1, -0.05) is 44.2 Å².